The average molecular weight is 316 g/mol. The first kappa shape index (κ1) is 15.5. The fourth-order valence-corrected chi connectivity index (χ4v) is 2.40. The molecule has 0 spiro atoms. The summed E-state index contributed by atoms with van der Waals surface area (Å²) in [7, 11) is 3.94. The highest BCUT2D eigenvalue weighted by Gasteiger charge is 2.08. The van der Waals surface area contributed by atoms with Gasteiger partial charge < -0.3 is 9.88 Å². The number of H-pyrrole nitrogens is 1. The average Bonchev–Trinajstić information content (AvgIpc) is 2.60. The van der Waals surface area contributed by atoms with Gasteiger partial charge in [0, 0.05) is 19.8 Å². The summed E-state index contributed by atoms with van der Waals surface area (Å²) in [5, 5.41) is 9.97. The maximum atomic E-state index is 12.2. The Hall–Kier alpha value is -3.39. The number of nitriles is 1. The van der Waals surface area contributed by atoms with E-state index in [-0.39, 0.29) is 11.4 Å². The van der Waals surface area contributed by atoms with Gasteiger partial charge in [-0.2, -0.15) is 5.26 Å². The van der Waals surface area contributed by atoms with E-state index in [1.54, 1.807) is 24.3 Å². The molecular weight excluding hydrogens is 300 g/mol. The van der Waals surface area contributed by atoms with Crippen LogP contribution < -0.4 is 10.5 Å². The molecule has 0 radical (unpaired) electrons. The number of nitrogens with zero attached hydrogens (tertiary/aromatic N) is 3. The molecule has 0 amide bonds. The van der Waals surface area contributed by atoms with E-state index in [4.69, 9.17) is 0 Å². The molecule has 118 valence electrons. The molecule has 0 aliphatic heterocycles. The lowest BCUT2D eigenvalue weighted by Gasteiger charge is -2.11. The van der Waals surface area contributed by atoms with Crippen LogP contribution >= 0.6 is 0 Å². The van der Waals surface area contributed by atoms with Crippen molar-refractivity contribution in [3.05, 3.63) is 70.3 Å². The molecule has 0 unspecified atom stereocenters. The number of allylic oxidation sites excluding steroid dienone is 1. The van der Waals surface area contributed by atoms with Gasteiger partial charge in [0.1, 0.15) is 6.07 Å². The lowest BCUT2D eigenvalue weighted by Crippen LogP contribution is -2.11. The van der Waals surface area contributed by atoms with Crippen LogP contribution in [-0.2, 0) is 0 Å². The molecule has 1 heterocycles. The third-order valence-corrected chi connectivity index (χ3v) is 3.71. The van der Waals surface area contributed by atoms with Gasteiger partial charge in [0.15, 0.2) is 5.82 Å². The smallest absolute Gasteiger partial charge is 0.259 e. The summed E-state index contributed by atoms with van der Waals surface area (Å²) in [6.45, 7) is 0. The molecule has 1 N–H and O–H groups in total. The highest BCUT2D eigenvalue weighted by atomic mass is 16.1. The Morgan fingerprint density at radius 1 is 1.17 bits per heavy atom. The van der Waals surface area contributed by atoms with Crippen molar-refractivity contribution in [1.82, 2.24) is 9.97 Å². The van der Waals surface area contributed by atoms with E-state index in [1.807, 2.05) is 49.3 Å². The SMILES string of the molecule is CN(C)c1ccc(/C=C(/C#N)c2nc3ccccc3c(=O)[nH]2)cc1. The Balaban J connectivity index is 2.05. The second kappa shape index (κ2) is 6.39. The number of nitrogens with one attached hydrogen (secondary N) is 1. The molecule has 0 bridgehead atoms. The molecule has 0 saturated carbocycles. The van der Waals surface area contributed by atoms with Crippen LogP contribution in [0.15, 0.2) is 53.3 Å². The van der Waals surface area contributed by atoms with E-state index in [0.29, 0.717) is 16.5 Å². The number of fused-ring (bicyclic) bond motifs is 1. The molecule has 1 aromatic heterocycles. The minimum atomic E-state index is -0.250. The van der Waals surface area contributed by atoms with Crippen LogP contribution in [-0.4, -0.2) is 24.1 Å². The zero-order chi connectivity index (χ0) is 17.1. The van der Waals surface area contributed by atoms with Crippen molar-refractivity contribution in [2.75, 3.05) is 19.0 Å². The molecule has 3 rings (SSSR count). The number of rotatable bonds is 3. The van der Waals surface area contributed by atoms with Gasteiger partial charge in [0.25, 0.3) is 5.56 Å². The molecule has 0 atom stereocenters. The fraction of sp³-hybridized carbons (Fsp3) is 0.105. The highest BCUT2D eigenvalue weighted by Crippen LogP contribution is 2.18. The number of anilines is 1. The van der Waals surface area contributed by atoms with Crippen molar-refractivity contribution >= 4 is 28.2 Å². The molecule has 5 nitrogen and oxygen atoms in total. The van der Waals surface area contributed by atoms with Crippen LogP contribution in [0, 0.1) is 11.3 Å². The van der Waals surface area contributed by atoms with Gasteiger partial charge in [-0.25, -0.2) is 4.98 Å². The third-order valence-electron chi connectivity index (χ3n) is 3.71. The van der Waals surface area contributed by atoms with Gasteiger partial charge in [0.2, 0.25) is 0 Å². The van der Waals surface area contributed by atoms with E-state index >= 15 is 0 Å². The maximum absolute atomic E-state index is 12.2. The summed E-state index contributed by atoms with van der Waals surface area (Å²) < 4.78 is 0. The minimum Gasteiger partial charge on any atom is -0.378 e. The van der Waals surface area contributed by atoms with Crippen molar-refractivity contribution in [2.45, 2.75) is 0 Å². The first-order valence-electron chi connectivity index (χ1n) is 7.47. The van der Waals surface area contributed by atoms with Gasteiger partial charge in [-0.15, -0.1) is 0 Å². The van der Waals surface area contributed by atoms with E-state index in [0.717, 1.165) is 11.3 Å². The topological polar surface area (TPSA) is 72.8 Å². The number of aromatic nitrogens is 2. The van der Waals surface area contributed by atoms with Gasteiger partial charge in [0.05, 0.1) is 16.5 Å². The first-order valence-corrected chi connectivity index (χ1v) is 7.47. The summed E-state index contributed by atoms with van der Waals surface area (Å²) in [5.41, 5.74) is 2.58. The molecular formula is C19H16N4O. The number of hydrogen-bond donors (Lipinski definition) is 1. The fourth-order valence-electron chi connectivity index (χ4n) is 2.40. The molecule has 5 heteroatoms. The molecule has 0 fully saturated rings. The third kappa shape index (κ3) is 3.03. The summed E-state index contributed by atoms with van der Waals surface area (Å²) in [4.78, 5) is 21.2. The zero-order valence-corrected chi connectivity index (χ0v) is 13.4. The van der Waals surface area contributed by atoms with Gasteiger partial charge in [-0.05, 0) is 35.9 Å². The molecule has 3 aromatic rings. The van der Waals surface area contributed by atoms with E-state index in [9.17, 15) is 10.1 Å². The van der Waals surface area contributed by atoms with E-state index < -0.39 is 0 Å². The standard InChI is InChI=1S/C19H16N4O/c1-23(2)15-9-7-13(8-10-15)11-14(12-20)18-21-17-6-4-3-5-16(17)19(24)22-18/h3-11H,1-2H3,(H,21,22,24)/b14-11-. The van der Waals surface area contributed by atoms with Crippen molar-refractivity contribution in [3.8, 4) is 6.07 Å². The summed E-state index contributed by atoms with van der Waals surface area (Å²) in [5.74, 6) is 0.276. The first-order chi connectivity index (χ1) is 11.6. The Bertz CT molecular complexity index is 1010. The van der Waals surface area contributed by atoms with Crippen molar-refractivity contribution in [3.63, 3.8) is 0 Å². The van der Waals surface area contributed by atoms with Crippen LogP contribution in [0.4, 0.5) is 5.69 Å². The number of hydrogen-bond acceptors (Lipinski definition) is 4. The van der Waals surface area contributed by atoms with Crippen LogP contribution in [0.2, 0.25) is 0 Å². The maximum Gasteiger partial charge on any atom is 0.259 e. The lowest BCUT2D eigenvalue weighted by atomic mass is 10.1. The second-order valence-corrected chi connectivity index (χ2v) is 5.59. The quantitative estimate of drug-likeness (QED) is 0.754. The van der Waals surface area contributed by atoms with Gasteiger partial charge >= 0.3 is 0 Å². The van der Waals surface area contributed by atoms with Crippen molar-refractivity contribution < 1.29 is 0 Å². The summed E-state index contributed by atoms with van der Waals surface area (Å²) >= 11 is 0. The Kier molecular flexibility index (Phi) is 4.13. The number of para-hydroxylation sites is 1. The predicted octanol–water partition coefficient (Wildman–Crippen LogP) is 3.05. The Morgan fingerprint density at radius 2 is 1.88 bits per heavy atom. The largest absolute Gasteiger partial charge is 0.378 e. The van der Waals surface area contributed by atoms with Crippen molar-refractivity contribution in [2.24, 2.45) is 0 Å². The Morgan fingerprint density at radius 3 is 2.54 bits per heavy atom. The molecule has 2 aromatic carbocycles. The second-order valence-electron chi connectivity index (χ2n) is 5.59. The summed E-state index contributed by atoms with van der Waals surface area (Å²) in [6, 6.07) is 17.0. The number of aromatic amines is 1. The normalized spacial score (nSPS) is 11.3. The summed E-state index contributed by atoms with van der Waals surface area (Å²) in [6.07, 6.45) is 1.71. The van der Waals surface area contributed by atoms with E-state index in [2.05, 4.69) is 16.0 Å². The van der Waals surface area contributed by atoms with Crippen LogP contribution in [0.1, 0.15) is 11.4 Å². The van der Waals surface area contributed by atoms with E-state index in [1.165, 1.54) is 0 Å². The van der Waals surface area contributed by atoms with Crippen molar-refractivity contribution in [1.29, 1.82) is 5.26 Å². The highest BCUT2D eigenvalue weighted by molar-refractivity contribution is 5.89. The van der Waals surface area contributed by atoms with Gasteiger partial charge in [-0.3, -0.25) is 4.79 Å². The molecule has 0 aliphatic rings. The predicted molar refractivity (Wildman–Crippen MR) is 96.6 cm³/mol. The minimum absolute atomic E-state index is 0.250. The van der Waals surface area contributed by atoms with Crippen LogP contribution in [0.25, 0.3) is 22.6 Å². The van der Waals surface area contributed by atoms with Gasteiger partial charge in [-0.1, -0.05) is 24.3 Å². The van der Waals surface area contributed by atoms with Crippen LogP contribution in [0.3, 0.4) is 0 Å². The molecule has 0 aliphatic carbocycles. The lowest BCUT2D eigenvalue weighted by molar-refractivity contribution is 1.13. The van der Waals surface area contributed by atoms with Crippen LogP contribution in [0.5, 0.6) is 0 Å². The Labute approximate surface area is 139 Å². The molecule has 0 saturated heterocycles. The number of benzene rings is 2. The molecule has 24 heavy (non-hydrogen) atoms. The zero-order valence-electron chi connectivity index (χ0n) is 13.4. The monoisotopic (exact) mass is 316 g/mol.